The summed E-state index contributed by atoms with van der Waals surface area (Å²) in [6.07, 6.45) is 0. The van der Waals surface area contributed by atoms with Crippen molar-refractivity contribution in [3.05, 3.63) is 65.7 Å². The second kappa shape index (κ2) is 9.31. The molecule has 1 amide bonds. The Morgan fingerprint density at radius 3 is 2.46 bits per heavy atom. The molecule has 6 heteroatoms. The molecular weight excluding hydrogens is 348 g/mol. The summed E-state index contributed by atoms with van der Waals surface area (Å²) >= 11 is 5.54. The van der Waals surface area contributed by atoms with Gasteiger partial charge < -0.3 is 19.7 Å². The normalized spacial score (nSPS) is 13.9. The van der Waals surface area contributed by atoms with Gasteiger partial charge in [0, 0.05) is 25.2 Å². The van der Waals surface area contributed by atoms with Crippen LogP contribution in [0, 0.1) is 0 Å². The van der Waals surface area contributed by atoms with Crippen molar-refractivity contribution in [3.63, 3.8) is 0 Å². The lowest BCUT2D eigenvalue weighted by atomic mass is 10.2. The van der Waals surface area contributed by atoms with Crippen LogP contribution < -0.4 is 10.1 Å². The van der Waals surface area contributed by atoms with Crippen molar-refractivity contribution in [3.8, 4) is 5.75 Å². The van der Waals surface area contributed by atoms with Crippen molar-refractivity contribution in [1.82, 2.24) is 10.2 Å². The second-order valence-electron chi connectivity index (χ2n) is 5.98. The number of ether oxygens (including phenoxy) is 2. The summed E-state index contributed by atoms with van der Waals surface area (Å²) < 4.78 is 10.9. The number of thiocarbonyl (C=S) groups is 1. The molecule has 0 aliphatic carbocycles. The lowest BCUT2D eigenvalue weighted by Gasteiger charge is -2.29. The fourth-order valence-electron chi connectivity index (χ4n) is 2.64. The summed E-state index contributed by atoms with van der Waals surface area (Å²) in [6, 6.07) is 17.3. The molecule has 1 aliphatic rings. The van der Waals surface area contributed by atoms with Gasteiger partial charge in [0.15, 0.2) is 6.61 Å². The summed E-state index contributed by atoms with van der Waals surface area (Å²) in [5.74, 6) is 0.496. The lowest BCUT2D eigenvalue weighted by molar-refractivity contribution is -0.123. The average molecular weight is 370 g/mol. The van der Waals surface area contributed by atoms with Gasteiger partial charge in [-0.25, -0.2) is 0 Å². The topological polar surface area (TPSA) is 50.8 Å². The van der Waals surface area contributed by atoms with E-state index >= 15 is 0 Å². The number of amides is 1. The van der Waals surface area contributed by atoms with Crippen LogP contribution in [0.3, 0.4) is 0 Å². The highest BCUT2D eigenvalue weighted by molar-refractivity contribution is 7.80. The molecule has 1 heterocycles. The summed E-state index contributed by atoms with van der Waals surface area (Å²) in [6.45, 7) is 3.53. The molecule has 0 aromatic heterocycles. The first kappa shape index (κ1) is 18.4. The Hall–Kier alpha value is -2.44. The number of hydrogen-bond acceptors (Lipinski definition) is 4. The number of nitrogens with zero attached hydrogens (tertiary/aromatic N) is 1. The van der Waals surface area contributed by atoms with E-state index in [1.54, 1.807) is 0 Å². The van der Waals surface area contributed by atoms with Crippen molar-refractivity contribution in [2.45, 2.75) is 6.54 Å². The molecule has 2 aromatic rings. The number of rotatable bonds is 6. The molecule has 3 rings (SSSR count). The average Bonchev–Trinajstić information content (AvgIpc) is 2.72. The molecule has 5 nitrogen and oxygen atoms in total. The van der Waals surface area contributed by atoms with Gasteiger partial charge in [0.1, 0.15) is 10.7 Å². The van der Waals surface area contributed by atoms with Crippen molar-refractivity contribution >= 4 is 23.1 Å². The summed E-state index contributed by atoms with van der Waals surface area (Å²) in [7, 11) is 0. The van der Waals surface area contributed by atoms with Crippen LogP contribution in [-0.2, 0) is 16.1 Å². The Bertz CT molecular complexity index is 728. The number of carbonyl (C=O) groups excluding carboxylic acids is 1. The monoisotopic (exact) mass is 370 g/mol. The van der Waals surface area contributed by atoms with Crippen LogP contribution in [0.15, 0.2) is 54.6 Å². The highest BCUT2D eigenvalue weighted by Crippen LogP contribution is 2.15. The molecule has 1 N–H and O–H groups in total. The molecule has 26 heavy (non-hydrogen) atoms. The first-order valence-electron chi connectivity index (χ1n) is 8.63. The van der Waals surface area contributed by atoms with Gasteiger partial charge in [-0.1, -0.05) is 42.5 Å². The van der Waals surface area contributed by atoms with E-state index in [4.69, 9.17) is 21.7 Å². The number of morpholine rings is 1. The van der Waals surface area contributed by atoms with E-state index in [9.17, 15) is 4.79 Å². The predicted octanol–water partition coefficient (Wildman–Crippen LogP) is 2.39. The van der Waals surface area contributed by atoms with E-state index in [1.165, 1.54) is 0 Å². The maximum absolute atomic E-state index is 11.9. The van der Waals surface area contributed by atoms with Crippen molar-refractivity contribution in [1.29, 1.82) is 0 Å². The Kier molecular flexibility index (Phi) is 6.57. The number of nitrogens with one attached hydrogen (secondary N) is 1. The van der Waals surface area contributed by atoms with Crippen LogP contribution in [0.4, 0.5) is 0 Å². The third kappa shape index (κ3) is 5.28. The van der Waals surface area contributed by atoms with Gasteiger partial charge in [-0.3, -0.25) is 4.79 Å². The zero-order valence-electron chi connectivity index (χ0n) is 14.5. The number of benzene rings is 2. The summed E-state index contributed by atoms with van der Waals surface area (Å²) in [5, 5.41) is 2.84. The minimum absolute atomic E-state index is 0.0138. The molecule has 136 valence electrons. The zero-order chi connectivity index (χ0) is 18.2. The highest BCUT2D eigenvalue weighted by atomic mass is 32.1. The molecule has 0 spiro atoms. The first-order chi connectivity index (χ1) is 12.7. The number of carbonyl (C=O) groups is 1. The van der Waals surface area contributed by atoms with E-state index < -0.39 is 0 Å². The predicted molar refractivity (Wildman–Crippen MR) is 104 cm³/mol. The van der Waals surface area contributed by atoms with Crippen molar-refractivity contribution in [2.75, 3.05) is 32.9 Å². The van der Waals surface area contributed by atoms with E-state index in [0.717, 1.165) is 29.2 Å². The Morgan fingerprint density at radius 1 is 1.08 bits per heavy atom. The fraction of sp³-hybridized carbons (Fsp3) is 0.300. The largest absolute Gasteiger partial charge is 0.484 e. The minimum Gasteiger partial charge on any atom is -0.484 e. The molecule has 0 radical (unpaired) electrons. The van der Waals surface area contributed by atoms with Gasteiger partial charge in [0.2, 0.25) is 0 Å². The molecule has 0 saturated carbocycles. The summed E-state index contributed by atoms with van der Waals surface area (Å²) in [4.78, 5) is 14.9. The summed E-state index contributed by atoms with van der Waals surface area (Å²) in [5.41, 5.74) is 2.03. The molecule has 2 aromatic carbocycles. The van der Waals surface area contributed by atoms with Crippen molar-refractivity contribution in [2.24, 2.45) is 0 Å². The van der Waals surface area contributed by atoms with E-state index in [0.29, 0.717) is 25.5 Å². The van der Waals surface area contributed by atoms with Crippen molar-refractivity contribution < 1.29 is 14.3 Å². The standard InChI is InChI=1S/C20H22N2O3S/c23-19(21-14-16-4-2-1-3-5-16)15-25-18-8-6-17(7-9-18)20(26)22-10-12-24-13-11-22/h1-9H,10-15H2,(H,21,23). The van der Waals surface area contributed by atoms with E-state index in [-0.39, 0.29) is 12.5 Å². The SMILES string of the molecule is O=C(COc1ccc(C(=S)N2CCOCC2)cc1)NCc1ccccc1. The zero-order valence-corrected chi connectivity index (χ0v) is 15.3. The first-order valence-corrected chi connectivity index (χ1v) is 9.04. The lowest BCUT2D eigenvalue weighted by Crippen LogP contribution is -2.40. The maximum Gasteiger partial charge on any atom is 0.258 e. The van der Waals surface area contributed by atoms with Crippen LogP contribution >= 0.6 is 12.2 Å². The van der Waals surface area contributed by atoms with E-state index in [2.05, 4.69) is 10.2 Å². The van der Waals surface area contributed by atoms with Gasteiger partial charge in [-0.2, -0.15) is 0 Å². The van der Waals surface area contributed by atoms with Crippen LogP contribution in [0.1, 0.15) is 11.1 Å². The van der Waals surface area contributed by atoms with Gasteiger partial charge in [-0.15, -0.1) is 0 Å². The maximum atomic E-state index is 11.9. The Morgan fingerprint density at radius 2 is 1.77 bits per heavy atom. The van der Waals surface area contributed by atoms with Crippen LogP contribution in [0.5, 0.6) is 5.75 Å². The minimum atomic E-state index is -0.151. The van der Waals surface area contributed by atoms with Gasteiger partial charge in [-0.05, 0) is 29.8 Å². The Balaban J connectivity index is 1.45. The molecular formula is C20H22N2O3S. The molecule has 1 fully saturated rings. The van der Waals surface area contributed by atoms with E-state index in [1.807, 2.05) is 54.6 Å². The van der Waals surface area contributed by atoms with Gasteiger partial charge >= 0.3 is 0 Å². The molecule has 1 saturated heterocycles. The molecule has 0 unspecified atom stereocenters. The molecule has 1 aliphatic heterocycles. The van der Waals surface area contributed by atoms with Crippen LogP contribution in [-0.4, -0.2) is 48.7 Å². The van der Waals surface area contributed by atoms with Crippen LogP contribution in [0.25, 0.3) is 0 Å². The second-order valence-corrected chi connectivity index (χ2v) is 6.37. The quantitative estimate of drug-likeness (QED) is 0.792. The molecule has 0 atom stereocenters. The number of hydrogen-bond donors (Lipinski definition) is 1. The van der Waals surface area contributed by atoms with Crippen LogP contribution in [0.2, 0.25) is 0 Å². The third-order valence-electron chi connectivity index (χ3n) is 4.10. The highest BCUT2D eigenvalue weighted by Gasteiger charge is 2.15. The van der Waals surface area contributed by atoms with Gasteiger partial charge in [0.25, 0.3) is 5.91 Å². The third-order valence-corrected chi connectivity index (χ3v) is 4.60. The molecule has 0 bridgehead atoms. The smallest absolute Gasteiger partial charge is 0.258 e. The fourth-order valence-corrected chi connectivity index (χ4v) is 2.96. The Labute approximate surface area is 158 Å². The van der Waals surface area contributed by atoms with Gasteiger partial charge in [0.05, 0.1) is 13.2 Å².